The van der Waals surface area contributed by atoms with Crippen LogP contribution in [0.4, 0.5) is 4.79 Å². The number of hydrogen-bond donors (Lipinski definition) is 2. The molecule has 1 amide bonds. The Hall–Kier alpha value is -2.33. The first-order chi connectivity index (χ1) is 11.4. The molecule has 3 N–H and O–H groups in total. The number of amides is 1. The molecular formula is C20H26N2O2. The molecule has 1 atom stereocenters. The zero-order valence-corrected chi connectivity index (χ0v) is 14.5. The van der Waals surface area contributed by atoms with Gasteiger partial charge >= 0.3 is 6.09 Å². The number of hydrogen-bond acceptors (Lipinski definition) is 3. The summed E-state index contributed by atoms with van der Waals surface area (Å²) in [5.41, 5.74) is 7.66. The smallest absolute Gasteiger partial charge is 0.407 e. The van der Waals surface area contributed by atoms with Gasteiger partial charge < -0.3 is 15.8 Å². The van der Waals surface area contributed by atoms with Crippen molar-refractivity contribution in [1.29, 1.82) is 0 Å². The maximum Gasteiger partial charge on any atom is 0.407 e. The van der Waals surface area contributed by atoms with Gasteiger partial charge in [-0.05, 0) is 31.9 Å². The van der Waals surface area contributed by atoms with Crippen molar-refractivity contribution in [3.05, 3.63) is 71.8 Å². The molecule has 0 radical (unpaired) electrons. The molecule has 0 saturated carbocycles. The third-order valence-corrected chi connectivity index (χ3v) is 3.68. The Bertz CT molecular complexity index is 596. The number of nitrogens with two attached hydrogens (primary N) is 1. The first kappa shape index (κ1) is 18.0. The van der Waals surface area contributed by atoms with Gasteiger partial charge in [-0.15, -0.1) is 0 Å². The Balaban J connectivity index is 2.29. The van der Waals surface area contributed by atoms with Gasteiger partial charge in [0.2, 0.25) is 0 Å². The monoisotopic (exact) mass is 326 g/mol. The number of benzene rings is 2. The van der Waals surface area contributed by atoms with Crippen molar-refractivity contribution in [2.75, 3.05) is 6.54 Å². The van der Waals surface area contributed by atoms with Crippen LogP contribution in [0.2, 0.25) is 0 Å². The molecule has 4 heteroatoms. The highest BCUT2D eigenvalue weighted by Crippen LogP contribution is 2.28. The standard InChI is InChI=1S/C20H26N2O2/c1-20(2,3)24-19(23)22-17(14-21)18(15-10-6-4-7-11-15)16-12-8-5-9-13-16/h4-13,17-18H,14,21H2,1-3H3,(H,22,23). The Morgan fingerprint density at radius 1 is 1.00 bits per heavy atom. The van der Waals surface area contributed by atoms with Crippen LogP contribution in [0, 0.1) is 0 Å². The summed E-state index contributed by atoms with van der Waals surface area (Å²) in [6, 6.07) is 19.9. The van der Waals surface area contributed by atoms with Gasteiger partial charge in [-0.1, -0.05) is 60.7 Å². The van der Waals surface area contributed by atoms with Gasteiger partial charge in [-0.3, -0.25) is 0 Å². The summed E-state index contributed by atoms with van der Waals surface area (Å²) in [7, 11) is 0. The van der Waals surface area contributed by atoms with Gasteiger partial charge in [-0.25, -0.2) is 4.79 Å². The second kappa shape index (κ2) is 7.97. The number of rotatable bonds is 5. The summed E-state index contributed by atoms with van der Waals surface area (Å²) in [6.45, 7) is 5.84. The summed E-state index contributed by atoms with van der Waals surface area (Å²) in [5, 5.41) is 2.93. The van der Waals surface area contributed by atoms with Crippen molar-refractivity contribution >= 4 is 6.09 Å². The van der Waals surface area contributed by atoms with Crippen molar-refractivity contribution in [3.8, 4) is 0 Å². The molecule has 2 aromatic carbocycles. The quantitative estimate of drug-likeness (QED) is 0.881. The maximum atomic E-state index is 12.2. The Morgan fingerprint density at radius 3 is 1.83 bits per heavy atom. The summed E-state index contributed by atoms with van der Waals surface area (Å²) in [5.74, 6) is -0.0371. The SMILES string of the molecule is CC(C)(C)OC(=O)NC(CN)C(c1ccccc1)c1ccccc1. The first-order valence-corrected chi connectivity index (χ1v) is 8.20. The van der Waals surface area contributed by atoms with E-state index >= 15 is 0 Å². The number of carbonyl (C=O) groups is 1. The molecule has 2 aromatic rings. The van der Waals surface area contributed by atoms with E-state index in [9.17, 15) is 4.79 Å². The maximum absolute atomic E-state index is 12.2. The van der Waals surface area contributed by atoms with Crippen molar-refractivity contribution in [2.24, 2.45) is 5.73 Å². The van der Waals surface area contributed by atoms with Gasteiger partial charge in [0, 0.05) is 12.5 Å². The fourth-order valence-corrected chi connectivity index (χ4v) is 2.72. The number of carbonyl (C=O) groups excluding carboxylic acids is 1. The second-order valence-corrected chi connectivity index (χ2v) is 6.79. The molecule has 0 aliphatic carbocycles. The van der Waals surface area contributed by atoms with Crippen LogP contribution in [0.5, 0.6) is 0 Å². The summed E-state index contributed by atoms with van der Waals surface area (Å²) >= 11 is 0. The highest BCUT2D eigenvalue weighted by Gasteiger charge is 2.27. The Morgan fingerprint density at radius 2 is 1.46 bits per heavy atom. The summed E-state index contributed by atoms with van der Waals surface area (Å²) < 4.78 is 5.39. The lowest BCUT2D eigenvalue weighted by atomic mass is 9.85. The highest BCUT2D eigenvalue weighted by molar-refractivity contribution is 5.68. The van der Waals surface area contributed by atoms with Gasteiger partial charge in [0.05, 0.1) is 6.04 Å². The van der Waals surface area contributed by atoms with Crippen LogP contribution in [0.3, 0.4) is 0 Å². The van der Waals surface area contributed by atoms with E-state index in [-0.39, 0.29) is 12.0 Å². The van der Waals surface area contributed by atoms with Crippen molar-refractivity contribution in [1.82, 2.24) is 5.32 Å². The average Bonchev–Trinajstić information content (AvgIpc) is 2.54. The zero-order chi connectivity index (χ0) is 17.6. The van der Waals surface area contributed by atoms with Gasteiger partial charge in [0.1, 0.15) is 5.60 Å². The van der Waals surface area contributed by atoms with Crippen LogP contribution >= 0.6 is 0 Å². The lowest BCUT2D eigenvalue weighted by molar-refractivity contribution is 0.0501. The third-order valence-electron chi connectivity index (χ3n) is 3.68. The first-order valence-electron chi connectivity index (χ1n) is 8.20. The molecule has 0 heterocycles. The molecule has 2 rings (SSSR count). The van der Waals surface area contributed by atoms with E-state index in [1.165, 1.54) is 0 Å². The average molecular weight is 326 g/mol. The molecule has 0 aliphatic rings. The molecule has 0 saturated heterocycles. The molecular weight excluding hydrogens is 300 g/mol. The van der Waals surface area contributed by atoms with Crippen LogP contribution in [0.15, 0.2) is 60.7 Å². The highest BCUT2D eigenvalue weighted by atomic mass is 16.6. The minimum Gasteiger partial charge on any atom is -0.444 e. The lowest BCUT2D eigenvalue weighted by Crippen LogP contribution is -2.46. The molecule has 0 aliphatic heterocycles. The largest absolute Gasteiger partial charge is 0.444 e. The number of nitrogens with one attached hydrogen (secondary N) is 1. The van der Waals surface area contributed by atoms with Crippen LogP contribution in [0.25, 0.3) is 0 Å². The number of alkyl carbamates (subject to hydrolysis) is 1. The van der Waals surface area contributed by atoms with Crippen molar-refractivity contribution < 1.29 is 9.53 Å². The fraction of sp³-hybridized carbons (Fsp3) is 0.350. The number of ether oxygens (including phenoxy) is 1. The molecule has 0 aromatic heterocycles. The van der Waals surface area contributed by atoms with Crippen LogP contribution in [-0.2, 0) is 4.74 Å². The van der Waals surface area contributed by atoms with Crippen LogP contribution < -0.4 is 11.1 Å². The van der Waals surface area contributed by atoms with E-state index < -0.39 is 11.7 Å². The molecule has 4 nitrogen and oxygen atoms in total. The predicted octanol–water partition coefficient (Wildman–Crippen LogP) is 3.67. The fourth-order valence-electron chi connectivity index (χ4n) is 2.72. The zero-order valence-electron chi connectivity index (χ0n) is 14.5. The van der Waals surface area contributed by atoms with Gasteiger partial charge in [-0.2, -0.15) is 0 Å². The minimum atomic E-state index is -0.543. The summed E-state index contributed by atoms with van der Waals surface area (Å²) in [4.78, 5) is 12.2. The van der Waals surface area contributed by atoms with E-state index in [0.29, 0.717) is 6.54 Å². The Kier molecular flexibility index (Phi) is 5.99. The molecule has 0 bridgehead atoms. The summed E-state index contributed by atoms with van der Waals surface area (Å²) in [6.07, 6.45) is -0.449. The second-order valence-electron chi connectivity index (χ2n) is 6.79. The van der Waals surface area contributed by atoms with Crippen LogP contribution in [0.1, 0.15) is 37.8 Å². The Labute approximate surface area is 144 Å². The van der Waals surface area contributed by atoms with E-state index in [4.69, 9.17) is 10.5 Å². The molecule has 0 spiro atoms. The van der Waals surface area contributed by atoms with Crippen LogP contribution in [-0.4, -0.2) is 24.3 Å². The molecule has 0 fully saturated rings. The van der Waals surface area contributed by atoms with E-state index in [2.05, 4.69) is 29.6 Å². The van der Waals surface area contributed by atoms with Crippen molar-refractivity contribution in [2.45, 2.75) is 38.3 Å². The van der Waals surface area contributed by atoms with Gasteiger partial charge in [0.25, 0.3) is 0 Å². The predicted molar refractivity (Wildman–Crippen MR) is 96.9 cm³/mol. The molecule has 24 heavy (non-hydrogen) atoms. The normalized spacial score (nSPS) is 12.7. The molecule has 128 valence electrons. The van der Waals surface area contributed by atoms with E-state index in [0.717, 1.165) is 11.1 Å². The van der Waals surface area contributed by atoms with Crippen molar-refractivity contribution in [3.63, 3.8) is 0 Å². The lowest BCUT2D eigenvalue weighted by Gasteiger charge is -2.29. The third kappa shape index (κ3) is 5.10. The van der Waals surface area contributed by atoms with Gasteiger partial charge in [0.15, 0.2) is 0 Å². The molecule has 1 unspecified atom stereocenters. The van der Waals surface area contributed by atoms with E-state index in [1.54, 1.807) is 0 Å². The van der Waals surface area contributed by atoms with E-state index in [1.807, 2.05) is 57.2 Å². The minimum absolute atomic E-state index is 0.0371. The topological polar surface area (TPSA) is 64.3 Å².